The summed E-state index contributed by atoms with van der Waals surface area (Å²) in [4.78, 5) is 0. The molecular weight excluding hydrogens is 212 g/mol. The number of rotatable bonds is 3. The van der Waals surface area contributed by atoms with Crippen molar-refractivity contribution in [2.24, 2.45) is 10.8 Å². The molecule has 0 aliphatic heterocycles. The number of hydrogen-bond donors (Lipinski definition) is 3. The van der Waals surface area contributed by atoms with Crippen LogP contribution >= 0.6 is 12.4 Å². The third kappa shape index (κ3) is 5.02. The van der Waals surface area contributed by atoms with Crippen LogP contribution in [-0.4, -0.2) is 12.2 Å². The second kappa shape index (κ2) is 6.84. The van der Waals surface area contributed by atoms with Gasteiger partial charge in [-0.25, -0.2) is 5.43 Å². The van der Waals surface area contributed by atoms with Gasteiger partial charge in [0.2, 0.25) is 5.96 Å². The van der Waals surface area contributed by atoms with E-state index in [0.717, 1.165) is 12.0 Å². The number of nitrogens with zero attached hydrogens (tertiary/aromatic N) is 1. The highest BCUT2D eigenvalue weighted by Gasteiger charge is 1.89. The Labute approximate surface area is 95.5 Å². The Morgan fingerprint density at radius 3 is 2.53 bits per heavy atom. The first-order valence-electron chi connectivity index (χ1n) is 4.44. The van der Waals surface area contributed by atoms with E-state index in [-0.39, 0.29) is 18.4 Å². The largest absolute Gasteiger partial charge is 0.369 e. The average Bonchev–Trinajstić information content (AvgIpc) is 2.18. The van der Waals surface area contributed by atoms with Gasteiger partial charge in [-0.15, -0.1) is 12.4 Å². The van der Waals surface area contributed by atoms with E-state index >= 15 is 0 Å². The zero-order chi connectivity index (χ0) is 10.4. The van der Waals surface area contributed by atoms with Crippen molar-refractivity contribution in [1.82, 2.24) is 5.43 Å². The van der Waals surface area contributed by atoms with Gasteiger partial charge in [0.1, 0.15) is 0 Å². The average molecular weight is 227 g/mol. The van der Waals surface area contributed by atoms with Gasteiger partial charge in [0.05, 0.1) is 6.21 Å². The van der Waals surface area contributed by atoms with Crippen molar-refractivity contribution >= 4 is 24.6 Å². The van der Waals surface area contributed by atoms with Crippen LogP contribution in [0, 0.1) is 5.41 Å². The first-order chi connectivity index (χ1) is 6.72. The topological polar surface area (TPSA) is 74.3 Å². The molecule has 1 aromatic carbocycles. The van der Waals surface area contributed by atoms with Gasteiger partial charge in [0.15, 0.2) is 0 Å². The number of aryl methyl sites for hydroxylation is 1. The fourth-order valence-electron chi connectivity index (χ4n) is 1.02. The van der Waals surface area contributed by atoms with E-state index < -0.39 is 0 Å². The molecule has 0 saturated heterocycles. The quantitative estimate of drug-likeness (QED) is 0.415. The monoisotopic (exact) mass is 226 g/mol. The Balaban J connectivity index is 0.00000196. The van der Waals surface area contributed by atoms with Crippen molar-refractivity contribution in [3.8, 4) is 0 Å². The second-order valence-electron chi connectivity index (χ2n) is 2.88. The Hall–Kier alpha value is -1.55. The van der Waals surface area contributed by atoms with Gasteiger partial charge >= 0.3 is 0 Å². The van der Waals surface area contributed by atoms with Crippen molar-refractivity contribution in [3.05, 3.63) is 35.4 Å². The molecule has 0 amide bonds. The SMILES string of the molecule is CCc1ccc(/C=N/NC(=N)N)cc1.Cl. The van der Waals surface area contributed by atoms with E-state index in [2.05, 4.69) is 29.6 Å². The molecule has 1 rings (SSSR count). The van der Waals surface area contributed by atoms with Crippen LogP contribution in [0.25, 0.3) is 0 Å². The van der Waals surface area contributed by atoms with Gasteiger partial charge in [0.25, 0.3) is 0 Å². The molecule has 0 radical (unpaired) electrons. The molecule has 0 aliphatic carbocycles. The number of nitrogens with two attached hydrogens (primary N) is 1. The zero-order valence-corrected chi connectivity index (χ0v) is 9.34. The maximum atomic E-state index is 6.88. The summed E-state index contributed by atoms with van der Waals surface area (Å²) in [7, 11) is 0. The number of benzene rings is 1. The molecule has 1 aromatic rings. The molecule has 0 saturated carbocycles. The van der Waals surface area contributed by atoms with E-state index in [1.807, 2.05) is 12.1 Å². The number of halogens is 1. The minimum absolute atomic E-state index is 0. The maximum Gasteiger partial charge on any atom is 0.206 e. The highest BCUT2D eigenvalue weighted by Crippen LogP contribution is 2.02. The van der Waals surface area contributed by atoms with Crippen LogP contribution in [-0.2, 0) is 6.42 Å². The molecule has 0 bridgehead atoms. The number of hydrazone groups is 1. The first-order valence-corrected chi connectivity index (χ1v) is 4.44. The summed E-state index contributed by atoms with van der Waals surface area (Å²) in [5.74, 6) is -0.161. The molecule has 0 unspecified atom stereocenters. The predicted molar refractivity (Wildman–Crippen MR) is 65.7 cm³/mol. The lowest BCUT2D eigenvalue weighted by atomic mass is 10.1. The summed E-state index contributed by atoms with van der Waals surface area (Å²) in [6.45, 7) is 2.11. The van der Waals surface area contributed by atoms with Crippen LogP contribution < -0.4 is 11.2 Å². The van der Waals surface area contributed by atoms with Crippen molar-refractivity contribution in [1.29, 1.82) is 5.41 Å². The van der Waals surface area contributed by atoms with Gasteiger partial charge in [-0.1, -0.05) is 31.2 Å². The van der Waals surface area contributed by atoms with Gasteiger partial charge in [0, 0.05) is 0 Å². The summed E-state index contributed by atoms with van der Waals surface area (Å²) in [5, 5.41) is 10.6. The molecule has 4 nitrogen and oxygen atoms in total. The van der Waals surface area contributed by atoms with Crippen LogP contribution in [0.15, 0.2) is 29.4 Å². The molecule has 4 N–H and O–H groups in total. The highest BCUT2D eigenvalue weighted by molar-refractivity contribution is 5.85. The van der Waals surface area contributed by atoms with Crippen molar-refractivity contribution < 1.29 is 0 Å². The van der Waals surface area contributed by atoms with Gasteiger partial charge in [-0.05, 0) is 17.5 Å². The number of hydrogen-bond acceptors (Lipinski definition) is 2. The lowest BCUT2D eigenvalue weighted by molar-refractivity contribution is 1.00. The lowest BCUT2D eigenvalue weighted by Crippen LogP contribution is -2.25. The first kappa shape index (κ1) is 13.4. The van der Waals surface area contributed by atoms with Gasteiger partial charge < -0.3 is 5.73 Å². The number of nitrogens with one attached hydrogen (secondary N) is 2. The van der Waals surface area contributed by atoms with Gasteiger partial charge in [-0.3, -0.25) is 5.41 Å². The summed E-state index contributed by atoms with van der Waals surface area (Å²) in [5.41, 5.74) is 9.69. The second-order valence-corrected chi connectivity index (χ2v) is 2.88. The predicted octanol–water partition coefficient (Wildman–Crippen LogP) is 1.49. The Morgan fingerprint density at radius 1 is 1.47 bits per heavy atom. The molecule has 0 aliphatic rings. The molecule has 0 heterocycles. The lowest BCUT2D eigenvalue weighted by Gasteiger charge is -1.97. The fourth-order valence-corrected chi connectivity index (χ4v) is 1.02. The van der Waals surface area contributed by atoms with Crippen LogP contribution in [0.5, 0.6) is 0 Å². The molecule has 0 aromatic heterocycles. The van der Waals surface area contributed by atoms with Gasteiger partial charge in [-0.2, -0.15) is 5.10 Å². The van der Waals surface area contributed by atoms with E-state index in [9.17, 15) is 0 Å². The zero-order valence-electron chi connectivity index (χ0n) is 8.53. The summed E-state index contributed by atoms with van der Waals surface area (Å²) >= 11 is 0. The molecule has 5 heteroatoms. The van der Waals surface area contributed by atoms with Crippen LogP contribution in [0.3, 0.4) is 0 Å². The van der Waals surface area contributed by atoms with Crippen LogP contribution in [0.4, 0.5) is 0 Å². The summed E-state index contributed by atoms with van der Waals surface area (Å²) in [6.07, 6.45) is 2.66. The Bertz CT molecular complexity index is 332. The minimum Gasteiger partial charge on any atom is -0.369 e. The maximum absolute atomic E-state index is 6.88. The van der Waals surface area contributed by atoms with Crippen molar-refractivity contribution in [2.45, 2.75) is 13.3 Å². The summed E-state index contributed by atoms with van der Waals surface area (Å²) in [6, 6.07) is 8.05. The third-order valence-electron chi connectivity index (χ3n) is 1.79. The molecule has 0 atom stereocenters. The minimum atomic E-state index is -0.161. The Kier molecular flexibility index (Phi) is 6.13. The summed E-state index contributed by atoms with van der Waals surface area (Å²) < 4.78 is 0. The fraction of sp³-hybridized carbons (Fsp3) is 0.200. The number of guanidine groups is 1. The molecular formula is C10H15ClN4. The normalized spacial score (nSPS) is 9.67. The van der Waals surface area contributed by atoms with E-state index in [1.165, 1.54) is 5.56 Å². The highest BCUT2D eigenvalue weighted by atomic mass is 35.5. The third-order valence-corrected chi connectivity index (χ3v) is 1.79. The van der Waals surface area contributed by atoms with E-state index in [0.29, 0.717) is 0 Å². The smallest absolute Gasteiger partial charge is 0.206 e. The van der Waals surface area contributed by atoms with E-state index in [4.69, 9.17) is 11.1 Å². The van der Waals surface area contributed by atoms with Crippen molar-refractivity contribution in [2.75, 3.05) is 0 Å². The molecule has 0 fully saturated rings. The van der Waals surface area contributed by atoms with Crippen LogP contribution in [0.1, 0.15) is 18.1 Å². The van der Waals surface area contributed by atoms with E-state index in [1.54, 1.807) is 6.21 Å². The van der Waals surface area contributed by atoms with Crippen LogP contribution in [0.2, 0.25) is 0 Å². The standard InChI is InChI=1S/C10H14N4.ClH/c1-2-8-3-5-9(6-4-8)7-13-14-10(11)12;/h3-7H,2H2,1H3,(H4,11,12,14);1H/b13-7+;. The Morgan fingerprint density at radius 2 is 2.07 bits per heavy atom. The molecule has 15 heavy (non-hydrogen) atoms. The molecule has 82 valence electrons. The molecule has 0 spiro atoms. The van der Waals surface area contributed by atoms with Crippen molar-refractivity contribution in [3.63, 3.8) is 0 Å².